The Labute approximate surface area is 259 Å². The number of benzene rings is 9. The van der Waals surface area contributed by atoms with E-state index in [-0.39, 0.29) is 0 Å². The molecule has 0 saturated heterocycles. The smallest absolute Gasteiger partial charge is 0.135 e. The van der Waals surface area contributed by atoms with Crippen LogP contribution in [0.4, 0.5) is 0 Å². The van der Waals surface area contributed by atoms with Crippen LogP contribution in [0.2, 0.25) is 0 Å². The summed E-state index contributed by atoms with van der Waals surface area (Å²) in [5.41, 5.74) is 7.56. The van der Waals surface area contributed by atoms with E-state index in [4.69, 9.17) is 4.74 Å². The Balaban J connectivity index is 1.10. The first-order valence-corrected chi connectivity index (χ1v) is 15.2. The van der Waals surface area contributed by atoms with Crippen molar-refractivity contribution in [1.82, 2.24) is 0 Å². The first kappa shape index (κ1) is 24.3. The van der Waals surface area contributed by atoms with Crippen LogP contribution in [0.15, 0.2) is 140 Å². The molecule has 10 rings (SSSR count). The largest absolute Gasteiger partial charge is 0.456 e. The molecule has 0 N–H and O–H groups in total. The minimum Gasteiger partial charge on any atom is -0.456 e. The lowest BCUT2D eigenvalue weighted by Crippen LogP contribution is -1.98. The number of fused-ring (bicyclic) bond motifs is 3. The highest BCUT2D eigenvalue weighted by Gasteiger charge is 2.22. The highest BCUT2D eigenvalue weighted by Crippen LogP contribution is 2.48. The van der Waals surface area contributed by atoms with Gasteiger partial charge in [0.25, 0.3) is 0 Å². The van der Waals surface area contributed by atoms with Crippen LogP contribution in [0.5, 0.6) is 11.5 Å². The fraction of sp³-hybridized carbons (Fsp3) is 0. The number of hydrogen-bond acceptors (Lipinski definition) is 2. The average Bonchev–Trinajstić information content (AvgIpc) is 3.10. The molecule has 2 heteroatoms. The van der Waals surface area contributed by atoms with E-state index in [1.165, 1.54) is 54.2 Å². The van der Waals surface area contributed by atoms with Crippen LogP contribution in [-0.4, -0.2) is 0 Å². The molecule has 0 unspecified atom stereocenters. The van der Waals surface area contributed by atoms with E-state index >= 15 is 0 Å². The molecule has 9 aromatic carbocycles. The van der Waals surface area contributed by atoms with E-state index < -0.39 is 0 Å². The second kappa shape index (κ2) is 8.92. The molecule has 0 amide bonds. The summed E-state index contributed by atoms with van der Waals surface area (Å²) >= 11 is 0. The standard InChI is InChI=1S/C43H23NO/c44-24-33-15-17-38-37-16-14-28(23-40(37)45-39-7-3-6-36(33)43(38)39)35-21-31-12-10-29-19-34(20-30-11-13-32(22-35)42(31)41(29)30)27-9-8-25-4-1-2-5-26(25)18-27/h1-23H. The van der Waals surface area contributed by atoms with Gasteiger partial charge in [-0.1, -0.05) is 84.9 Å². The van der Waals surface area contributed by atoms with Crippen LogP contribution in [-0.2, 0) is 0 Å². The highest BCUT2D eigenvalue weighted by molar-refractivity contribution is 6.24. The molecule has 1 heterocycles. The Hall–Kier alpha value is -6.17. The van der Waals surface area contributed by atoms with Crippen LogP contribution in [0.25, 0.3) is 87.2 Å². The van der Waals surface area contributed by atoms with E-state index in [1.807, 2.05) is 30.3 Å². The Kier molecular flexibility index (Phi) is 4.82. The van der Waals surface area contributed by atoms with Crippen molar-refractivity contribution in [2.45, 2.75) is 0 Å². The fourth-order valence-electron chi connectivity index (χ4n) is 7.45. The summed E-state index contributed by atoms with van der Waals surface area (Å²) < 4.78 is 6.47. The van der Waals surface area contributed by atoms with Gasteiger partial charge in [0.15, 0.2) is 0 Å². The van der Waals surface area contributed by atoms with Crippen molar-refractivity contribution in [3.05, 3.63) is 145 Å². The number of nitriles is 1. The Morgan fingerprint density at radius 3 is 1.67 bits per heavy atom. The second-order valence-corrected chi connectivity index (χ2v) is 12.1. The van der Waals surface area contributed by atoms with Gasteiger partial charge in [-0.3, -0.25) is 0 Å². The van der Waals surface area contributed by atoms with E-state index in [9.17, 15) is 5.26 Å². The van der Waals surface area contributed by atoms with Gasteiger partial charge >= 0.3 is 0 Å². The fourth-order valence-corrected chi connectivity index (χ4v) is 7.45. The molecule has 0 saturated carbocycles. The van der Waals surface area contributed by atoms with E-state index in [0.717, 1.165) is 44.5 Å². The molecule has 0 bridgehead atoms. The molecule has 1 aliphatic rings. The molecule has 0 fully saturated rings. The summed E-state index contributed by atoms with van der Waals surface area (Å²) in [6.45, 7) is 0. The average molecular weight is 570 g/mol. The van der Waals surface area contributed by atoms with Gasteiger partial charge in [-0.05, 0) is 126 Å². The summed E-state index contributed by atoms with van der Waals surface area (Å²) in [6, 6.07) is 52.3. The van der Waals surface area contributed by atoms with Gasteiger partial charge in [-0.25, -0.2) is 0 Å². The summed E-state index contributed by atoms with van der Waals surface area (Å²) in [4.78, 5) is 0. The van der Waals surface area contributed by atoms with Gasteiger partial charge in [0.1, 0.15) is 11.5 Å². The molecule has 0 radical (unpaired) electrons. The molecule has 0 spiro atoms. The van der Waals surface area contributed by atoms with Crippen molar-refractivity contribution in [2.24, 2.45) is 0 Å². The number of hydrogen-bond donors (Lipinski definition) is 0. The predicted molar refractivity (Wildman–Crippen MR) is 186 cm³/mol. The maximum atomic E-state index is 9.64. The molecule has 0 aromatic heterocycles. The van der Waals surface area contributed by atoms with Crippen molar-refractivity contribution in [3.63, 3.8) is 0 Å². The van der Waals surface area contributed by atoms with Crippen molar-refractivity contribution in [2.75, 3.05) is 0 Å². The molecule has 1 aliphatic heterocycles. The molecular formula is C43H23NO. The first-order valence-electron chi connectivity index (χ1n) is 15.2. The maximum absolute atomic E-state index is 9.64. The molecule has 2 nitrogen and oxygen atoms in total. The predicted octanol–water partition coefficient (Wildman–Crippen LogP) is 11.9. The topological polar surface area (TPSA) is 33.0 Å². The zero-order valence-electron chi connectivity index (χ0n) is 24.1. The highest BCUT2D eigenvalue weighted by atomic mass is 16.5. The Morgan fingerprint density at radius 1 is 0.400 bits per heavy atom. The van der Waals surface area contributed by atoms with Gasteiger partial charge < -0.3 is 4.74 Å². The minimum absolute atomic E-state index is 0.665. The maximum Gasteiger partial charge on any atom is 0.135 e. The summed E-state index contributed by atoms with van der Waals surface area (Å²) in [7, 11) is 0. The van der Waals surface area contributed by atoms with E-state index in [0.29, 0.717) is 5.56 Å². The quantitative estimate of drug-likeness (QED) is 0.194. The molecule has 0 aliphatic carbocycles. The summed E-state index contributed by atoms with van der Waals surface area (Å²) in [5, 5.41) is 21.7. The zero-order valence-corrected chi connectivity index (χ0v) is 24.1. The van der Waals surface area contributed by atoms with Gasteiger partial charge in [-0.15, -0.1) is 0 Å². The monoisotopic (exact) mass is 569 g/mol. The lowest BCUT2D eigenvalue weighted by atomic mass is 9.88. The Bertz CT molecular complexity index is 2680. The van der Waals surface area contributed by atoms with Crippen LogP contribution in [0.3, 0.4) is 0 Å². The van der Waals surface area contributed by atoms with Crippen molar-refractivity contribution in [3.8, 4) is 50.9 Å². The first-order chi connectivity index (χ1) is 22.2. The normalized spacial score (nSPS) is 12.2. The second-order valence-electron chi connectivity index (χ2n) is 12.1. The lowest BCUT2D eigenvalue weighted by Gasteiger charge is -2.22. The van der Waals surface area contributed by atoms with Crippen LogP contribution in [0.1, 0.15) is 5.56 Å². The van der Waals surface area contributed by atoms with Gasteiger partial charge in [0, 0.05) is 16.3 Å². The number of ether oxygens (including phenoxy) is 1. The molecule has 9 aromatic rings. The van der Waals surface area contributed by atoms with E-state index in [1.54, 1.807) is 0 Å². The van der Waals surface area contributed by atoms with Gasteiger partial charge in [0.05, 0.1) is 11.6 Å². The van der Waals surface area contributed by atoms with Crippen LogP contribution in [0, 0.1) is 11.3 Å². The molecule has 45 heavy (non-hydrogen) atoms. The summed E-state index contributed by atoms with van der Waals surface area (Å²) in [6.07, 6.45) is 0. The minimum atomic E-state index is 0.665. The molecule has 206 valence electrons. The summed E-state index contributed by atoms with van der Waals surface area (Å²) in [5.74, 6) is 1.63. The van der Waals surface area contributed by atoms with E-state index in [2.05, 4.69) is 115 Å². The van der Waals surface area contributed by atoms with Crippen molar-refractivity contribution < 1.29 is 4.74 Å². The number of nitrogens with zero attached hydrogens (tertiary/aromatic N) is 1. The third-order valence-electron chi connectivity index (χ3n) is 9.56. The van der Waals surface area contributed by atoms with Crippen molar-refractivity contribution >= 4 is 53.9 Å². The molecular weight excluding hydrogens is 546 g/mol. The van der Waals surface area contributed by atoms with Gasteiger partial charge in [0.2, 0.25) is 0 Å². The number of rotatable bonds is 2. The zero-order chi connectivity index (χ0) is 29.6. The Morgan fingerprint density at radius 2 is 0.978 bits per heavy atom. The molecule has 0 atom stereocenters. The lowest BCUT2D eigenvalue weighted by molar-refractivity contribution is 0.487. The van der Waals surface area contributed by atoms with Gasteiger partial charge in [-0.2, -0.15) is 5.26 Å². The SMILES string of the molecule is N#Cc1ccc2c3c(cccc13)Oc1cc(-c3cc4ccc5cc(-c6ccc7ccccc7c6)cc6ccc(c3)c4c56)ccc1-2. The van der Waals surface area contributed by atoms with Crippen LogP contribution < -0.4 is 4.74 Å². The van der Waals surface area contributed by atoms with Crippen LogP contribution >= 0.6 is 0 Å². The third kappa shape index (κ3) is 3.50. The van der Waals surface area contributed by atoms with Crippen molar-refractivity contribution in [1.29, 1.82) is 5.26 Å². The third-order valence-corrected chi connectivity index (χ3v) is 9.56.